The molecule has 3 aromatic rings. The standard InChI is InChI=1S/C20H18N4O2S/c1-26-16-5-2-13(3-6-16)14-4-7-17-18(10-14)27-20(22-17)23-19(25)15-8-9-24(11-15)12-21/h2-7,10,15H,8-9,11H2,1H3,(H,22,23,25)/t15-/m0/s1. The van der Waals surface area contributed by atoms with Crippen LogP contribution in [0.1, 0.15) is 6.42 Å². The van der Waals surface area contributed by atoms with Crippen LogP contribution in [-0.4, -0.2) is 36.0 Å². The number of likely N-dealkylation sites (tertiary alicyclic amines) is 1. The molecule has 0 bridgehead atoms. The van der Waals surface area contributed by atoms with Gasteiger partial charge in [-0.2, -0.15) is 5.26 Å². The molecule has 1 aliphatic heterocycles. The van der Waals surface area contributed by atoms with E-state index in [1.807, 2.05) is 36.4 Å². The van der Waals surface area contributed by atoms with Crippen molar-refractivity contribution < 1.29 is 9.53 Å². The Bertz CT molecular complexity index is 1020. The molecule has 6 nitrogen and oxygen atoms in total. The Morgan fingerprint density at radius 1 is 1.30 bits per heavy atom. The van der Waals surface area contributed by atoms with E-state index < -0.39 is 0 Å². The summed E-state index contributed by atoms with van der Waals surface area (Å²) in [6, 6.07) is 14.0. The lowest BCUT2D eigenvalue weighted by Gasteiger charge is -2.08. The predicted octanol–water partition coefficient (Wildman–Crippen LogP) is 3.71. The van der Waals surface area contributed by atoms with Crippen LogP contribution in [0.2, 0.25) is 0 Å². The Labute approximate surface area is 161 Å². The van der Waals surface area contributed by atoms with Crippen LogP contribution in [0.3, 0.4) is 0 Å². The zero-order valence-corrected chi connectivity index (χ0v) is 15.6. The molecular weight excluding hydrogens is 360 g/mol. The van der Waals surface area contributed by atoms with E-state index in [9.17, 15) is 4.79 Å². The van der Waals surface area contributed by atoms with Gasteiger partial charge in [0.15, 0.2) is 11.3 Å². The van der Waals surface area contributed by atoms with E-state index in [2.05, 4.69) is 22.6 Å². The van der Waals surface area contributed by atoms with Crippen molar-refractivity contribution >= 4 is 32.6 Å². The molecule has 136 valence electrons. The van der Waals surface area contributed by atoms with Gasteiger partial charge in [0, 0.05) is 13.1 Å². The number of rotatable bonds is 4. The zero-order valence-electron chi connectivity index (χ0n) is 14.8. The first kappa shape index (κ1) is 17.3. The maximum Gasteiger partial charge on any atom is 0.231 e. The van der Waals surface area contributed by atoms with Crippen molar-refractivity contribution in [2.75, 3.05) is 25.5 Å². The number of ether oxygens (including phenoxy) is 1. The summed E-state index contributed by atoms with van der Waals surface area (Å²) in [6.07, 6.45) is 2.80. The van der Waals surface area contributed by atoms with Crippen LogP contribution in [0, 0.1) is 17.4 Å². The second-order valence-electron chi connectivity index (χ2n) is 6.45. The van der Waals surface area contributed by atoms with Gasteiger partial charge in [-0.15, -0.1) is 0 Å². The van der Waals surface area contributed by atoms with Gasteiger partial charge in [-0.3, -0.25) is 4.79 Å². The van der Waals surface area contributed by atoms with Crippen molar-refractivity contribution in [1.82, 2.24) is 9.88 Å². The number of nitrogens with one attached hydrogen (secondary N) is 1. The van der Waals surface area contributed by atoms with Gasteiger partial charge in [-0.25, -0.2) is 4.98 Å². The third kappa shape index (κ3) is 3.57. The van der Waals surface area contributed by atoms with E-state index in [0.717, 1.165) is 27.1 Å². The summed E-state index contributed by atoms with van der Waals surface area (Å²) < 4.78 is 6.22. The minimum Gasteiger partial charge on any atom is -0.497 e. The van der Waals surface area contributed by atoms with Gasteiger partial charge in [0.05, 0.1) is 23.2 Å². The zero-order chi connectivity index (χ0) is 18.8. The highest BCUT2D eigenvalue weighted by Gasteiger charge is 2.28. The van der Waals surface area contributed by atoms with Crippen LogP contribution in [0.25, 0.3) is 21.3 Å². The third-order valence-electron chi connectivity index (χ3n) is 4.74. The number of carbonyl (C=O) groups is 1. The van der Waals surface area contributed by atoms with Gasteiger partial charge in [-0.05, 0) is 41.8 Å². The molecule has 2 aromatic carbocycles. The molecule has 1 amide bonds. The molecule has 0 spiro atoms. The number of hydrogen-bond donors (Lipinski definition) is 1. The Balaban J connectivity index is 1.52. The van der Waals surface area contributed by atoms with Crippen molar-refractivity contribution in [3.05, 3.63) is 42.5 Å². The van der Waals surface area contributed by atoms with Crippen LogP contribution in [-0.2, 0) is 4.79 Å². The summed E-state index contributed by atoms with van der Waals surface area (Å²) in [5.74, 6) is 0.596. The molecule has 1 aromatic heterocycles. The molecule has 0 aliphatic carbocycles. The van der Waals surface area contributed by atoms with E-state index in [1.54, 1.807) is 12.0 Å². The van der Waals surface area contributed by atoms with Crippen molar-refractivity contribution in [3.63, 3.8) is 0 Å². The average molecular weight is 378 g/mol. The largest absolute Gasteiger partial charge is 0.497 e. The molecular formula is C20H18N4O2S. The molecule has 0 radical (unpaired) electrons. The highest BCUT2D eigenvalue weighted by molar-refractivity contribution is 7.22. The quantitative estimate of drug-likeness (QED) is 0.700. The van der Waals surface area contributed by atoms with E-state index in [4.69, 9.17) is 10.00 Å². The van der Waals surface area contributed by atoms with Crippen LogP contribution < -0.4 is 10.1 Å². The third-order valence-corrected chi connectivity index (χ3v) is 5.68. The summed E-state index contributed by atoms with van der Waals surface area (Å²) in [5, 5.41) is 12.4. The molecule has 0 unspecified atom stereocenters. The number of aromatic nitrogens is 1. The number of nitriles is 1. The Kier molecular flexibility index (Phi) is 4.65. The maximum absolute atomic E-state index is 12.4. The number of benzene rings is 2. The summed E-state index contributed by atoms with van der Waals surface area (Å²) in [7, 11) is 1.65. The maximum atomic E-state index is 12.4. The van der Waals surface area contributed by atoms with Gasteiger partial charge in [0.2, 0.25) is 5.91 Å². The summed E-state index contributed by atoms with van der Waals surface area (Å²) in [5.41, 5.74) is 3.05. The highest BCUT2D eigenvalue weighted by atomic mass is 32.1. The highest BCUT2D eigenvalue weighted by Crippen LogP contribution is 2.31. The van der Waals surface area contributed by atoms with Crippen molar-refractivity contribution in [1.29, 1.82) is 5.26 Å². The first-order chi connectivity index (χ1) is 13.2. The van der Waals surface area contributed by atoms with Crippen LogP contribution in [0.4, 0.5) is 5.13 Å². The molecule has 2 heterocycles. The summed E-state index contributed by atoms with van der Waals surface area (Å²) in [6.45, 7) is 1.12. The Hall–Kier alpha value is -3.11. The Morgan fingerprint density at radius 2 is 2.07 bits per heavy atom. The normalized spacial score (nSPS) is 16.3. The van der Waals surface area contributed by atoms with Gasteiger partial charge in [0.1, 0.15) is 5.75 Å². The number of fused-ring (bicyclic) bond motifs is 1. The second kappa shape index (κ2) is 7.25. The average Bonchev–Trinajstić information content (AvgIpc) is 3.33. The van der Waals surface area contributed by atoms with E-state index in [0.29, 0.717) is 24.6 Å². The SMILES string of the molecule is COc1ccc(-c2ccc3nc(NC(=O)[C@H]4CCN(C#N)C4)sc3c2)cc1. The van der Waals surface area contributed by atoms with E-state index in [-0.39, 0.29) is 11.8 Å². The summed E-state index contributed by atoms with van der Waals surface area (Å²) >= 11 is 1.46. The number of anilines is 1. The molecule has 1 N–H and O–H groups in total. The summed E-state index contributed by atoms with van der Waals surface area (Å²) in [4.78, 5) is 18.5. The smallest absolute Gasteiger partial charge is 0.231 e. The van der Waals surface area contributed by atoms with Gasteiger partial charge in [-0.1, -0.05) is 29.5 Å². The molecule has 1 saturated heterocycles. The van der Waals surface area contributed by atoms with Crippen LogP contribution in [0.5, 0.6) is 5.75 Å². The second-order valence-corrected chi connectivity index (χ2v) is 7.48. The minimum atomic E-state index is -0.161. The van der Waals surface area contributed by atoms with Crippen molar-refractivity contribution in [2.24, 2.45) is 5.92 Å². The number of amides is 1. The first-order valence-corrected chi connectivity index (χ1v) is 9.48. The van der Waals surface area contributed by atoms with Crippen LogP contribution >= 0.6 is 11.3 Å². The monoisotopic (exact) mass is 378 g/mol. The van der Waals surface area contributed by atoms with E-state index in [1.165, 1.54) is 11.3 Å². The number of carbonyl (C=O) groups excluding carboxylic acids is 1. The predicted molar refractivity (Wildman–Crippen MR) is 106 cm³/mol. The van der Waals surface area contributed by atoms with Gasteiger partial charge in [0.25, 0.3) is 0 Å². The number of thiazole rings is 1. The molecule has 1 aliphatic rings. The lowest BCUT2D eigenvalue weighted by molar-refractivity contribution is -0.119. The van der Waals surface area contributed by atoms with Crippen LogP contribution in [0.15, 0.2) is 42.5 Å². The first-order valence-electron chi connectivity index (χ1n) is 8.67. The molecule has 0 saturated carbocycles. The molecule has 27 heavy (non-hydrogen) atoms. The Morgan fingerprint density at radius 3 is 2.78 bits per heavy atom. The van der Waals surface area contributed by atoms with E-state index >= 15 is 0 Å². The van der Waals surface area contributed by atoms with Crippen molar-refractivity contribution in [3.8, 4) is 23.1 Å². The molecule has 7 heteroatoms. The fraction of sp³-hybridized carbons (Fsp3) is 0.250. The van der Waals surface area contributed by atoms with Gasteiger partial charge >= 0.3 is 0 Å². The molecule has 1 atom stereocenters. The minimum absolute atomic E-state index is 0.0674. The van der Waals surface area contributed by atoms with Crippen molar-refractivity contribution in [2.45, 2.75) is 6.42 Å². The lowest BCUT2D eigenvalue weighted by Crippen LogP contribution is -2.25. The fourth-order valence-corrected chi connectivity index (χ4v) is 4.12. The lowest BCUT2D eigenvalue weighted by atomic mass is 10.1. The topological polar surface area (TPSA) is 78.2 Å². The van der Waals surface area contributed by atoms with Gasteiger partial charge < -0.3 is 15.0 Å². The fourth-order valence-electron chi connectivity index (χ4n) is 3.21. The molecule has 4 rings (SSSR count). The number of nitrogens with zero attached hydrogens (tertiary/aromatic N) is 3. The molecule has 1 fully saturated rings. The number of hydrogen-bond acceptors (Lipinski definition) is 6. The number of methoxy groups -OCH3 is 1.